The molecule has 0 bridgehead atoms. The molecule has 0 saturated heterocycles. The molecule has 128 valence electrons. The van der Waals surface area contributed by atoms with E-state index in [1.165, 1.54) is 6.26 Å². The van der Waals surface area contributed by atoms with Crippen LogP contribution in [0.5, 0.6) is 0 Å². The van der Waals surface area contributed by atoms with E-state index in [-0.39, 0.29) is 29.7 Å². The lowest BCUT2D eigenvalue weighted by Gasteiger charge is -2.20. The summed E-state index contributed by atoms with van der Waals surface area (Å²) in [6.45, 7) is 5.47. The largest absolute Gasteiger partial charge is 0.459 e. The van der Waals surface area contributed by atoms with Crippen LogP contribution >= 0.6 is 11.3 Å². The number of furan rings is 1. The van der Waals surface area contributed by atoms with Crippen LogP contribution in [0.3, 0.4) is 0 Å². The Morgan fingerprint density at radius 3 is 2.50 bits per heavy atom. The van der Waals surface area contributed by atoms with E-state index in [0.717, 1.165) is 11.3 Å². The second-order valence-electron chi connectivity index (χ2n) is 6.08. The molecule has 8 heteroatoms. The lowest BCUT2D eigenvalue weighted by molar-refractivity contribution is -0.121. The van der Waals surface area contributed by atoms with Gasteiger partial charge in [-0.25, -0.2) is 0 Å². The molecule has 0 saturated carbocycles. The normalized spacial score (nSPS) is 11.0. The Labute approximate surface area is 143 Å². The van der Waals surface area contributed by atoms with Gasteiger partial charge in [0.15, 0.2) is 5.76 Å². The molecule has 2 rings (SSSR count). The highest BCUT2D eigenvalue weighted by Gasteiger charge is 2.16. The average Bonchev–Trinajstić information content (AvgIpc) is 3.14. The molecular weight excluding hydrogens is 330 g/mol. The molecular formula is C16H19N3O4S. The van der Waals surface area contributed by atoms with Crippen LogP contribution in [0.25, 0.3) is 0 Å². The van der Waals surface area contributed by atoms with Crippen LogP contribution in [-0.2, 0) is 4.79 Å². The number of thiophene rings is 1. The number of rotatable bonds is 5. The van der Waals surface area contributed by atoms with E-state index in [1.54, 1.807) is 24.3 Å². The summed E-state index contributed by atoms with van der Waals surface area (Å²) in [5.74, 6) is -0.840. The summed E-state index contributed by atoms with van der Waals surface area (Å²) in [7, 11) is 0. The van der Waals surface area contributed by atoms with E-state index in [9.17, 15) is 14.4 Å². The van der Waals surface area contributed by atoms with Crippen LogP contribution in [0, 0.1) is 0 Å². The van der Waals surface area contributed by atoms with Gasteiger partial charge in [0.1, 0.15) is 0 Å². The van der Waals surface area contributed by atoms with E-state index < -0.39 is 5.91 Å². The number of carbonyl (C=O) groups excluding carboxylic acids is 3. The van der Waals surface area contributed by atoms with Crippen molar-refractivity contribution in [1.82, 2.24) is 10.6 Å². The van der Waals surface area contributed by atoms with Gasteiger partial charge in [0.05, 0.1) is 22.7 Å². The van der Waals surface area contributed by atoms with E-state index in [2.05, 4.69) is 16.0 Å². The van der Waals surface area contributed by atoms with Crippen LogP contribution in [0.15, 0.2) is 34.9 Å². The maximum absolute atomic E-state index is 12.0. The van der Waals surface area contributed by atoms with Crippen molar-refractivity contribution in [1.29, 1.82) is 0 Å². The Balaban J connectivity index is 1.87. The predicted octanol–water partition coefficient (Wildman–Crippen LogP) is 2.24. The molecule has 7 nitrogen and oxygen atoms in total. The minimum Gasteiger partial charge on any atom is -0.459 e. The summed E-state index contributed by atoms with van der Waals surface area (Å²) in [6, 6.07) is 6.37. The van der Waals surface area contributed by atoms with E-state index in [4.69, 9.17) is 4.42 Å². The molecule has 2 aromatic heterocycles. The van der Waals surface area contributed by atoms with Gasteiger partial charge < -0.3 is 20.4 Å². The van der Waals surface area contributed by atoms with Crippen LogP contribution < -0.4 is 16.0 Å². The molecule has 0 aliphatic heterocycles. The molecule has 0 unspecified atom stereocenters. The zero-order chi connectivity index (χ0) is 17.7. The van der Waals surface area contributed by atoms with Crippen molar-refractivity contribution >= 4 is 34.1 Å². The highest BCUT2D eigenvalue weighted by molar-refractivity contribution is 7.18. The zero-order valence-corrected chi connectivity index (χ0v) is 14.5. The van der Waals surface area contributed by atoms with Gasteiger partial charge in [-0.2, -0.15) is 0 Å². The fourth-order valence-corrected chi connectivity index (χ4v) is 2.64. The number of carbonyl (C=O) groups is 3. The summed E-state index contributed by atoms with van der Waals surface area (Å²) >= 11 is 1.11. The number of hydrogen-bond donors (Lipinski definition) is 3. The molecule has 2 heterocycles. The van der Waals surface area contributed by atoms with Crippen molar-refractivity contribution < 1.29 is 18.8 Å². The standard InChI is InChI=1S/C16H19N3O4S/c1-16(2,3)19-12(20)9-17-15(22)11-6-7-13(24-11)18-14(21)10-5-4-8-23-10/h4-8H,9H2,1-3H3,(H,17,22)(H,18,21)(H,19,20). The molecule has 0 radical (unpaired) electrons. The second kappa shape index (κ2) is 7.31. The molecule has 24 heavy (non-hydrogen) atoms. The van der Waals surface area contributed by atoms with Crippen molar-refractivity contribution in [2.45, 2.75) is 26.3 Å². The summed E-state index contributed by atoms with van der Waals surface area (Å²) < 4.78 is 5.00. The van der Waals surface area contributed by atoms with Gasteiger partial charge in [0, 0.05) is 5.54 Å². The molecule has 2 aromatic rings. The van der Waals surface area contributed by atoms with Gasteiger partial charge in [-0.15, -0.1) is 11.3 Å². The van der Waals surface area contributed by atoms with E-state index >= 15 is 0 Å². The Kier molecular flexibility index (Phi) is 5.40. The number of amides is 3. The average molecular weight is 349 g/mol. The van der Waals surface area contributed by atoms with Crippen LogP contribution in [0.1, 0.15) is 41.0 Å². The van der Waals surface area contributed by atoms with Gasteiger partial charge >= 0.3 is 0 Å². The van der Waals surface area contributed by atoms with Crippen molar-refractivity contribution in [3.8, 4) is 0 Å². The van der Waals surface area contributed by atoms with Crippen LogP contribution in [-0.4, -0.2) is 29.8 Å². The van der Waals surface area contributed by atoms with E-state index in [0.29, 0.717) is 9.88 Å². The fourth-order valence-electron chi connectivity index (χ4n) is 1.82. The molecule has 3 N–H and O–H groups in total. The first-order valence-corrected chi connectivity index (χ1v) is 8.10. The number of anilines is 1. The third kappa shape index (κ3) is 5.24. The van der Waals surface area contributed by atoms with Crippen molar-refractivity contribution in [2.24, 2.45) is 0 Å². The molecule has 0 fully saturated rings. The molecule has 0 spiro atoms. The van der Waals surface area contributed by atoms with Crippen LogP contribution in [0.2, 0.25) is 0 Å². The SMILES string of the molecule is CC(C)(C)NC(=O)CNC(=O)c1ccc(NC(=O)c2ccco2)s1. The van der Waals surface area contributed by atoms with Gasteiger partial charge in [0.2, 0.25) is 5.91 Å². The molecule has 3 amide bonds. The van der Waals surface area contributed by atoms with Gasteiger partial charge in [-0.05, 0) is 45.0 Å². The first-order valence-electron chi connectivity index (χ1n) is 7.28. The fraction of sp³-hybridized carbons (Fsp3) is 0.312. The Morgan fingerprint density at radius 1 is 1.12 bits per heavy atom. The lowest BCUT2D eigenvalue weighted by atomic mass is 10.1. The Morgan fingerprint density at radius 2 is 1.88 bits per heavy atom. The molecule has 0 aliphatic carbocycles. The Hall–Kier alpha value is -2.61. The van der Waals surface area contributed by atoms with Gasteiger partial charge in [-0.3, -0.25) is 14.4 Å². The van der Waals surface area contributed by atoms with Crippen LogP contribution in [0.4, 0.5) is 5.00 Å². The first-order chi connectivity index (χ1) is 11.2. The highest BCUT2D eigenvalue weighted by Crippen LogP contribution is 2.22. The summed E-state index contributed by atoms with van der Waals surface area (Å²) in [6.07, 6.45) is 1.41. The number of nitrogens with one attached hydrogen (secondary N) is 3. The second-order valence-corrected chi connectivity index (χ2v) is 7.16. The minimum atomic E-state index is -0.390. The van der Waals surface area contributed by atoms with Crippen molar-refractivity contribution in [3.63, 3.8) is 0 Å². The minimum absolute atomic E-state index is 0.109. The highest BCUT2D eigenvalue weighted by atomic mass is 32.1. The third-order valence-electron chi connectivity index (χ3n) is 2.74. The predicted molar refractivity (Wildman–Crippen MR) is 91.2 cm³/mol. The van der Waals surface area contributed by atoms with E-state index in [1.807, 2.05) is 20.8 Å². The van der Waals surface area contributed by atoms with Gasteiger partial charge in [-0.1, -0.05) is 0 Å². The van der Waals surface area contributed by atoms with Gasteiger partial charge in [0.25, 0.3) is 11.8 Å². The quantitative estimate of drug-likeness (QED) is 0.770. The Bertz CT molecular complexity index is 729. The maximum Gasteiger partial charge on any atom is 0.291 e. The molecule has 0 aliphatic rings. The lowest BCUT2D eigenvalue weighted by Crippen LogP contribution is -2.45. The third-order valence-corrected chi connectivity index (χ3v) is 3.73. The summed E-state index contributed by atoms with van der Waals surface area (Å²) in [4.78, 5) is 36.0. The summed E-state index contributed by atoms with van der Waals surface area (Å²) in [5.41, 5.74) is -0.353. The summed E-state index contributed by atoms with van der Waals surface area (Å²) in [5, 5.41) is 8.46. The topological polar surface area (TPSA) is 100 Å². The first kappa shape index (κ1) is 17.7. The monoisotopic (exact) mass is 349 g/mol. The van der Waals surface area contributed by atoms with Crippen molar-refractivity contribution in [3.05, 3.63) is 41.2 Å². The maximum atomic E-state index is 12.0. The zero-order valence-electron chi connectivity index (χ0n) is 13.6. The van der Waals surface area contributed by atoms with Crippen molar-refractivity contribution in [2.75, 3.05) is 11.9 Å². The molecule has 0 atom stereocenters. The smallest absolute Gasteiger partial charge is 0.291 e. The molecule has 0 aromatic carbocycles. The number of hydrogen-bond acceptors (Lipinski definition) is 5.